The second kappa shape index (κ2) is 7.13. The van der Waals surface area contributed by atoms with Crippen molar-refractivity contribution in [2.75, 3.05) is 20.3 Å². The smallest absolute Gasteiger partial charge is 0.391 e. The summed E-state index contributed by atoms with van der Waals surface area (Å²) in [6.45, 7) is 0.140. The summed E-state index contributed by atoms with van der Waals surface area (Å²) in [6, 6.07) is 7.73. The number of methoxy groups -OCH3 is 1. The molecule has 6 heteroatoms. The van der Waals surface area contributed by atoms with E-state index in [1.165, 1.54) is 0 Å². The van der Waals surface area contributed by atoms with Gasteiger partial charge in [-0.3, -0.25) is 0 Å². The fraction of sp³-hybridized carbons (Fsp3) is 0.600. The Morgan fingerprint density at radius 2 is 2.00 bits per heavy atom. The van der Waals surface area contributed by atoms with Gasteiger partial charge in [0.15, 0.2) is 0 Å². The van der Waals surface area contributed by atoms with E-state index >= 15 is 0 Å². The van der Waals surface area contributed by atoms with Crippen molar-refractivity contribution in [2.45, 2.75) is 37.6 Å². The maximum atomic E-state index is 12.3. The first-order chi connectivity index (χ1) is 9.99. The van der Waals surface area contributed by atoms with Crippen LogP contribution >= 0.6 is 0 Å². The zero-order chi connectivity index (χ0) is 15.3. The number of halogens is 3. The van der Waals surface area contributed by atoms with Crippen molar-refractivity contribution in [3.8, 4) is 5.75 Å². The highest BCUT2D eigenvalue weighted by Gasteiger charge is 2.28. The molecule has 1 aromatic carbocycles. The van der Waals surface area contributed by atoms with E-state index in [0.29, 0.717) is 18.3 Å². The van der Waals surface area contributed by atoms with Crippen LogP contribution in [0.25, 0.3) is 0 Å². The van der Waals surface area contributed by atoms with E-state index in [9.17, 15) is 13.2 Å². The van der Waals surface area contributed by atoms with Crippen LogP contribution in [-0.4, -0.2) is 32.5 Å². The summed E-state index contributed by atoms with van der Waals surface area (Å²) in [4.78, 5) is 0. The van der Waals surface area contributed by atoms with Crippen molar-refractivity contribution >= 4 is 0 Å². The van der Waals surface area contributed by atoms with Crippen molar-refractivity contribution in [3.63, 3.8) is 0 Å². The summed E-state index contributed by atoms with van der Waals surface area (Å²) < 4.78 is 47.5. The highest BCUT2D eigenvalue weighted by molar-refractivity contribution is 5.35. The lowest BCUT2D eigenvalue weighted by molar-refractivity contribution is -0.149. The summed E-state index contributed by atoms with van der Waals surface area (Å²) in [7, 11) is 1.54. The number of benzene rings is 1. The summed E-state index contributed by atoms with van der Waals surface area (Å²) in [5.41, 5.74) is 0.773. The molecule has 1 fully saturated rings. The van der Waals surface area contributed by atoms with Crippen LogP contribution in [0.15, 0.2) is 24.3 Å². The third-order valence-electron chi connectivity index (χ3n) is 3.36. The van der Waals surface area contributed by atoms with Gasteiger partial charge in [0.25, 0.3) is 0 Å². The van der Waals surface area contributed by atoms with Crippen LogP contribution in [0.3, 0.4) is 0 Å². The molecule has 1 aliphatic rings. The Morgan fingerprint density at radius 3 is 2.62 bits per heavy atom. The molecule has 0 bridgehead atoms. The normalized spacial score (nSPS) is 16.8. The highest BCUT2D eigenvalue weighted by atomic mass is 19.4. The van der Waals surface area contributed by atoms with Gasteiger partial charge in [-0.2, -0.15) is 13.2 Å². The Balaban J connectivity index is 1.99. The lowest BCUT2D eigenvalue weighted by atomic mass is 10.1. The standard InChI is InChI=1S/C15H20F3NO2/c1-20-13-5-3-2-4-12(13)14(10-19-11-6-7-11)21-9-8-15(16,17)18/h2-5,11,14,19H,6-10H2,1H3. The number of hydrogen-bond donors (Lipinski definition) is 1. The number of nitrogens with one attached hydrogen (secondary N) is 1. The molecule has 0 radical (unpaired) electrons. The van der Waals surface area contributed by atoms with Crippen LogP contribution in [0.5, 0.6) is 5.75 Å². The molecule has 1 atom stereocenters. The quantitative estimate of drug-likeness (QED) is 0.798. The zero-order valence-electron chi connectivity index (χ0n) is 12.0. The molecule has 1 aromatic rings. The van der Waals surface area contributed by atoms with Crippen molar-refractivity contribution in [1.29, 1.82) is 0 Å². The monoisotopic (exact) mass is 303 g/mol. The Bertz CT molecular complexity index is 447. The molecule has 1 saturated carbocycles. The lowest BCUT2D eigenvalue weighted by Crippen LogP contribution is -2.26. The van der Waals surface area contributed by atoms with Crippen molar-refractivity contribution < 1.29 is 22.6 Å². The molecule has 0 amide bonds. The van der Waals surface area contributed by atoms with E-state index in [2.05, 4.69) is 5.32 Å². The molecular weight excluding hydrogens is 283 g/mol. The van der Waals surface area contributed by atoms with Gasteiger partial charge in [-0.05, 0) is 18.9 Å². The van der Waals surface area contributed by atoms with E-state index in [1.807, 2.05) is 18.2 Å². The van der Waals surface area contributed by atoms with Crippen LogP contribution < -0.4 is 10.1 Å². The minimum atomic E-state index is -4.20. The summed E-state index contributed by atoms with van der Waals surface area (Å²) in [6.07, 6.45) is -3.36. The van der Waals surface area contributed by atoms with Gasteiger partial charge in [-0.15, -0.1) is 0 Å². The average Bonchev–Trinajstić information content (AvgIpc) is 3.25. The SMILES string of the molecule is COc1ccccc1C(CNC1CC1)OCCC(F)(F)F. The molecular formula is C15H20F3NO2. The second-order valence-corrected chi connectivity index (χ2v) is 5.15. The Morgan fingerprint density at radius 1 is 1.29 bits per heavy atom. The van der Waals surface area contributed by atoms with E-state index in [-0.39, 0.29) is 6.61 Å². The predicted octanol–water partition coefficient (Wildman–Crippen LogP) is 3.46. The molecule has 0 heterocycles. The molecule has 2 rings (SSSR count). The molecule has 0 aromatic heterocycles. The number of ether oxygens (including phenoxy) is 2. The summed E-state index contributed by atoms with van der Waals surface area (Å²) >= 11 is 0. The molecule has 0 spiro atoms. The highest BCUT2D eigenvalue weighted by Crippen LogP contribution is 2.29. The molecule has 21 heavy (non-hydrogen) atoms. The first-order valence-electron chi connectivity index (χ1n) is 7.04. The summed E-state index contributed by atoms with van der Waals surface area (Å²) in [5.74, 6) is 0.632. The summed E-state index contributed by atoms with van der Waals surface area (Å²) in [5, 5.41) is 3.29. The molecule has 1 aliphatic carbocycles. The van der Waals surface area contributed by atoms with Gasteiger partial charge >= 0.3 is 6.18 Å². The minimum Gasteiger partial charge on any atom is -0.496 e. The fourth-order valence-corrected chi connectivity index (χ4v) is 2.07. The minimum absolute atomic E-state index is 0.349. The second-order valence-electron chi connectivity index (χ2n) is 5.15. The van der Waals surface area contributed by atoms with E-state index < -0.39 is 18.7 Å². The largest absolute Gasteiger partial charge is 0.496 e. The molecule has 0 aliphatic heterocycles. The lowest BCUT2D eigenvalue weighted by Gasteiger charge is -2.21. The molecule has 3 nitrogen and oxygen atoms in total. The van der Waals surface area contributed by atoms with Gasteiger partial charge in [-0.25, -0.2) is 0 Å². The maximum Gasteiger partial charge on any atom is 0.391 e. The van der Waals surface area contributed by atoms with Crippen molar-refractivity contribution in [3.05, 3.63) is 29.8 Å². The third kappa shape index (κ3) is 5.55. The van der Waals surface area contributed by atoms with Gasteiger partial charge in [-0.1, -0.05) is 18.2 Å². The Kier molecular flexibility index (Phi) is 5.47. The van der Waals surface area contributed by atoms with Gasteiger partial charge in [0.05, 0.1) is 26.2 Å². The van der Waals surface area contributed by atoms with Crippen LogP contribution in [0.2, 0.25) is 0 Å². The topological polar surface area (TPSA) is 30.5 Å². The van der Waals surface area contributed by atoms with Gasteiger partial charge in [0.2, 0.25) is 0 Å². The fourth-order valence-electron chi connectivity index (χ4n) is 2.07. The Labute approximate surface area is 122 Å². The van der Waals surface area contributed by atoms with E-state index in [0.717, 1.165) is 18.4 Å². The first-order valence-corrected chi connectivity index (χ1v) is 7.04. The predicted molar refractivity (Wildman–Crippen MR) is 73.4 cm³/mol. The zero-order valence-corrected chi connectivity index (χ0v) is 12.0. The number of alkyl halides is 3. The van der Waals surface area contributed by atoms with Crippen molar-refractivity contribution in [1.82, 2.24) is 5.32 Å². The molecule has 118 valence electrons. The van der Waals surface area contributed by atoms with Crippen molar-refractivity contribution in [2.24, 2.45) is 0 Å². The van der Waals surface area contributed by atoms with E-state index in [1.54, 1.807) is 13.2 Å². The van der Waals surface area contributed by atoms with Crippen LogP contribution in [0.4, 0.5) is 13.2 Å². The number of hydrogen-bond acceptors (Lipinski definition) is 3. The number of para-hydroxylation sites is 1. The van der Waals surface area contributed by atoms with Crippen LogP contribution in [0, 0.1) is 0 Å². The van der Waals surface area contributed by atoms with Gasteiger partial charge < -0.3 is 14.8 Å². The van der Waals surface area contributed by atoms with Gasteiger partial charge in [0.1, 0.15) is 5.75 Å². The Hall–Kier alpha value is -1.27. The molecule has 0 saturated heterocycles. The maximum absolute atomic E-state index is 12.3. The van der Waals surface area contributed by atoms with Crippen LogP contribution in [0.1, 0.15) is 30.9 Å². The first kappa shape index (κ1) is 16.1. The van der Waals surface area contributed by atoms with Gasteiger partial charge in [0, 0.05) is 18.2 Å². The van der Waals surface area contributed by atoms with E-state index in [4.69, 9.17) is 9.47 Å². The average molecular weight is 303 g/mol. The number of rotatable bonds is 8. The molecule has 1 N–H and O–H groups in total. The van der Waals surface area contributed by atoms with Crippen LogP contribution in [-0.2, 0) is 4.74 Å². The molecule has 1 unspecified atom stereocenters. The third-order valence-corrected chi connectivity index (χ3v) is 3.36.